The number of ketones is 1. The maximum atomic E-state index is 13.0. The predicted molar refractivity (Wildman–Crippen MR) is 40.3 cm³/mol. The average molecular weight is 155 g/mol. The Morgan fingerprint density at radius 2 is 2.27 bits per heavy atom. The Morgan fingerprint density at radius 1 is 1.64 bits per heavy atom. The third-order valence-electron chi connectivity index (χ3n) is 1.40. The van der Waals surface area contributed by atoms with E-state index in [9.17, 15) is 9.18 Å². The highest BCUT2D eigenvalue weighted by Gasteiger charge is 2.27. The molecule has 1 heterocycles. The number of carbonyl (C=O) groups is 1. The van der Waals surface area contributed by atoms with Gasteiger partial charge in [-0.2, -0.15) is 0 Å². The molecule has 0 radical (unpaired) electrons. The van der Waals surface area contributed by atoms with E-state index in [4.69, 9.17) is 0 Å². The van der Waals surface area contributed by atoms with Crippen LogP contribution in [0.5, 0.6) is 0 Å². The summed E-state index contributed by atoms with van der Waals surface area (Å²) in [5.74, 6) is -0.487. The third kappa shape index (κ3) is 1.67. The van der Waals surface area contributed by atoms with Gasteiger partial charge in [0.25, 0.3) is 0 Å². The lowest BCUT2D eigenvalue weighted by atomic mass is 10.0. The molecule has 0 aliphatic rings. The Labute approximate surface area is 64.4 Å². The van der Waals surface area contributed by atoms with Crippen molar-refractivity contribution in [3.05, 3.63) is 24.0 Å². The summed E-state index contributed by atoms with van der Waals surface area (Å²) in [6.45, 7) is 2.50. The SMILES string of the molecule is CC(C)(F)C(=O)c1cc[nH]c1. The number of nitrogens with one attached hydrogen (secondary N) is 1. The van der Waals surface area contributed by atoms with Crippen LogP contribution in [0.2, 0.25) is 0 Å². The Kier molecular flexibility index (Phi) is 1.81. The minimum absolute atomic E-state index is 0.387. The van der Waals surface area contributed by atoms with Gasteiger partial charge in [-0.15, -0.1) is 0 Å². The molecule has 0 aromatic carbocycles. The molecule has 0 spiro atoms. The molecule has 60 valence electrons. The molecule has 0 saturated carbocycles. The van der Waals surface area contributed by atoms with Crippen LogP contribution in [-0.2, 0) is 0 Å². The first-order chi connectivity index (χ1) is 5.02. The van der Waals surface area contributed by atoms with E-state index in [1.807, 2.05) is 0 Å². The number of alkyl halides is 1. The summed E-state index contributed by atoms with van der Waals surface area (Å²) in [6, 6.07) is 1.56. The van der Waals surface area contributed by atoms with Crippen LogP contribution < -0.4 is 0 Å². The smallest absolute Gasteiger partial charge is 0.200 e. The van der Waals surface area contributed by atoms with E-state index >= 15 is 0 Å². The molecule has 0 fully saturated rings. The average Bonchev–Trinajstić information content (AvgIpc) is 2.34. The Balaban J connectivity index is 2.88. The van der Waals surface area contributed by atoms with E-state index in [1.165, 1.54) is 20.0 Å². The summed E-state index contributed by atoms with van der Waals surface area (Å²) < 4.78 is 13.0. The lowest BCUT2D eigenvalue weighted by Gasteiger charge is -2.10. The van der Waals surface area contributed by atoms with E-state index in [0.29, 0.717) is 5.56 Å². The molecule has 1 aromatic rings. The summed E-state index contributed by atoms with van der Waals surface area (Å²) in [5.41, 5.74) is -1.39. The van der Waals surface area contributed by atoms with Crippen LogP contribution in [0.25, 0.3) is 0 Å². The van der Waals surface area contributed by atoms with Crippen molar-refractivity contribution in [2.75, 3.05) is 0 Å². The fraction of sp³-hybridized carbons (Fsp3) is 0.375. The van der Waals surface area contributed by atoms with Gasteiger partial charge in [-0.05, 0) is 19.9 Å². The lowest BCUT2D eigenvalue weighted by molar-refractivity contribution is 0.0760. The largest absolute Gasteiger partial charge is 0.367 e. The number of hydrogen-bond donors (Lipinski definition) is 1. The van der Waals surface area contributed by atoms with Crippen molar-refractivity contribution in [1.29, 1.82) is 0 Å². The summed E-state index contributed by atoms with van der Waals surface area (Å²) in [7, 11) is 0. The maximum Gasteiger partial charge on any atom is 0.200 e. The highest BCUT2D eigenvalue weighted by molar-refractivity contribution is 6.01. The molecule has 0 bridgehead atoms. The van der Waals surface area contributed by atoms with E-state index in [0.717, 1.165) is 0 Å². The van der Waals surface area contributed by atoms with Gasteiger partial charge in [-0.1, -0.05) is 0 Å². The highest BCUT2D eigenvalue weighted by Crippen LogP contribution is 2.15. The van der Waals surface area contributed by atoms with Gasteiger partial charge in [0.05, 0.1) is 0 Å². The lowest BCUT2D eigenvalue weighted by Crippen LogP contribution is -2.25. The maximum absolute atomic E-state index is 13.0. The molecule has 1 rings (SSSR count). The quantitative estimate of drug-likeness (QED) is 0.650. The van der Waals surface area contributed by atoms with Crippen LogP contribution in [0, 0.1) is 0 Å². The number of rotatable bonds is 2. The summed E-state index contributed by atoms with van der Waals surface area (Å²) in [4.78, 5) is 13.8. The molecule has 0 saturated heterocycles. The van der Waals surface area contributed by atoms with Crippen LogP contribution in [-0.4, -0.2) is 16.4 Å². The molecule has 0 unspecified atom stereocenters. The van der Waals surface area contributed by atoms with Gasteiger partial charge in [0.2, 0.25) is 5.78 Å². The van der Waals surface area contributed by atoms with Crippen molar-refractivity contribution in [2.45, 2.75) is 19.5 Å². The fourth-order valence-corrected chi connectivity index (χ4v) is 0.808. The van der Waals surface area contributed by atoms with Crippen molar-refractivity contribution in [3.8, 4) is 0 Å². The number of carbonyl (C=O) groups excluding carboxylic acids is 1. The van der Waals surface area contributed by atoms with E-state index in [1.54, 1.807) is 12.3 Å². The van der Waals surface area contributed by atoms with Crippen LogP contribution in [0.15, 0.2) is 18.5 Å². The number of aromatic amines is 1. The minimum atomic E-state index is -1.78. The molecule has 1 N–H and O–H groups in total. The molecular formula is C8H10FNO. The van der Waals surface area contributed by atoms with Gasteiger partial charge in [0, 0.05) is 18.0 Å². The zero-order valence-corrected chi connectivity index (χ0v) is 6.52. The van der Waals surface area contributed by atoms with Gasteiger partial charge in [0.15, 0.2) is 5.67 Å². The van der Waals surface area contributed by atoms with Crippen LogP contribution >= 0.6 is 0 Å². The summed E-state index contributed by atoms with van der Waals surface area (Å²) in [5, 5.41) is 0. The van der Waals surface area contributed by atoms with Gasteiger partial charge >= 0.3 is 0 Å². The van der Waals surface area contributed by atoms with Crippen molar-refractivity contribution in [3.63, 3.8) is 0 Å². The molecule has 3 heteroatoms. The Morgan fingerprint density at radius 3 is 2.64 bits per heavy atom. The topological polar surface area (TPSA) is 32.9 Å². The minimum Gasteiger partial charge on any atom is -0.367 e. The van der Waals surface area contributed by atoms with Crippen molar-refractivity contribution in [2.24, 2.45) is 0 Å². The number of hydrogen-bond acceptors (Lipinski definition) is 1. The van der Waals surface area contributed by atoms with Gasteiger partial charge in [-0.25, -0.2) is 4.39 Å². The normalized spacial score (nSPS) is 11.5. The summed E-state index contributed by atoms with van der Waals surface area (Å²) >= 11 is 0. The van der Waals surface area contributed by atoms with Crippen molar-refractivity contribution >= 4 is 5.78 Å². The van der Waals surface area contributed by atoms with E-state index in [2.05, 4.69) is 4.98 Å². The predicted octanol–water partition coefficient (Wildman–Crippen LogP) is 1.95. The first-order valence-electron chi connectivity index (χ1n) is 3.38. The second kappa shape index (κ2) is 2.49. The first kappa shape index (κ1) is 7.98. The van der Waals surface area contributed by atoms with Gasteiger partial charge in [0.1, 0.15) is 0 Å². The second-order valence-electron chi connectivity index (χ2n) is 2.90. The Hall–Kier alpha value is -1.12. The van der Waals surface area contributed by atoms with Crippen LogP contribution in [0.3, 0.4) is 0 Å². The van der Waals surface area contributed by atoms with Crippen molar-refractivity contribution < 1.29 is 9.18 Å². The zero-order valence-electron chi connectivity index (χ0n) is 6.52. The van der Waals surface area contributed by atoms with Gasteiger partial charge in [-0.3, -0.25) is 4.79 Å². The monoisotopic (exact) mass is 155 g/mol. The third-order valence-corrected chi connectivity index (χ3v) is 1.40. The van der Waals surface area contributed by atoms with E-state index < -0.39 is 11.5 Å². The van der Waals surface area contributed by atoms with E-state index in [-0.39, 0.29) is 0 Å². The highest BCUT2D eigenvalue weighted by atomic mass is 19.1. The molecular weight excluding hydrogens is 145 g/mol. The first-order valence-corrected chi connectivity index (χ1v) is 3.38. The molecule has 1 aromatic heterocycles. The summed E-state index contributed by atoms with van der Waals surface area (Å²) in [6.07, 6.45) is 3.09. The number of halogens is 1. The number of H-pyrrole nitrogens is 1. The molecule has 0 amide bonds. The Bertz CT molecular complexity index is 246. The van der Waals surface area contributed by atoms with Crippen LogP contribution in [0.1, 0.15) is 24.2 Å². The zero-order chi connectivity index (χ0) is 8.48. The molecule has 2 nitrogen and oxygen atoms in total. The molecule has 0 aliphatic heterocycles. The molecule has 0 aliphatic carbocycles. The standard InChI is InChI=1S/C8H10FNO/c1-8(2,9)7(11)6-3-4-10-5-6/h3-5,10H,1-2H3. The number of Topliss-reactive ketones (excluding diaryl/α,β-unsaturated/α-hetero) is 1. The van der Waals surface area contributed by atoms with Crippen LogP contribution in [0.4, 0.5) is 4.39 Å². The number of aromatic nitrogens is 1. The second-order valence-corrected chi connectivity index (χ2v) is 2.90. The van der Waals surface area contributed by atoms with Gasteiger partial charge < -0.3 is 4.98 Å². The molecule has 0 atom stereocenters. The van der Waals surface area contributed by atoms with Crippen molar-refractivity contribution in [1.82, 2.24) is 4.98 Å². The fourth-order valence-electron chi connectivity index (χ4n) is 0.808. The molecule has 11 heavy (non-hydrogen) atoms.